The molecule has 0 aliphatic heterocycles. The molecule has 94 valence electrons. The summed E-state index contributed by atoms with van der Waals surface area (Å²) in [6.45, 7) is 4.25. The van der Waals surface area contributed by atoms with Crippen molar-refractivity contribution in [2.24, 2.45) is 0 Å². The summed E-state index contributed by atoms with van der Waals surface area (Å²) in [6.07, 6.45) is 4.43. The fraction of sp³-hybridized carbons (Fsp3) is 0.176. The van der Waals surface area contributed by atoms with Crippen LogP contribution in [0.1, 0.15) is 18.2 Å². The molecule has 0 amide bonds. The Hall–Kier alpha value is -2.22. The molecular weight excluding hydrogens is 232 g/mol. The first-order chi connectivity index (χ1) is 9.29. The van der Waals surface area contributed by atoms with Gasteiger partial charge >= 0.3 is 0 Å². The minimum atomic E-state index is 0.898. The topological polar surface area (TPSA) is 25.8 Å². The van der Waals surface area contributed by atoms with Crippen molar-refractivity contribution in [2.75, 3.05) is 0 Å². The third-order valence-electron chi connectivity index (χ3n) is 3.46. The van der Waals surface area contributed by atoms with Crippen LogP contribution in [-0.2, 0) is 6.42 Å². The molecule has 0 aliphatic carbocycles. The second-order valence-corrected chi connectivity index (χ2v) is 4.72. The zero-order valence-electron chi connectivity index (χ0n) is 11.2. The number of aryl methyl sites for hydroxylation is 2. The molecule has 3 aromatic rings. The van der Waals surface area contributed by atoms with E-state index in [1.165, 1.54) is 21.9 Å². The summed E-state index contributed by atoms with van der Waals surface area (Å²) >= 11 is 0. The van der Waals surface area contributed by atoms with Gasteiger partial charge < -0.3 is 0 Å². The summed E-state index contributed by atoms with van der Waals surface area (Å²) in [4.78, 5) is 8.96. The third-order valence-corrected chi connectivity index (χ3v) is 3.46. The quantitative estimate of drug-likeness (QED) is 0.680. The van der Waals surface area contributed by atoms with E-state index in [2.05, 4.69) is 60.2 Å². The number of nitrogens with zero attached hydrogens (tertiary/aromatic N) is 2. The zero-order valence-corrected chi connectivity index (χ0v) is 11.2. The van der Waals surface area contributed by atoms with Gasteiger partial charge in [0.1, 0.15) is 0 Å². The molecule has 0 saturated heterocycles. The number of rotatable bonds is 2. The summed E-state index contributed by atoms with van der Waals surface area (Å²) in [5, 5.41) is 2.52. The Balaban J connectivity index is 2.27. The van der Waals surface area contributed by atoms with E-state index < -0.39 is 0 Å². The van der Waals surface area contributed by atoms with Gasteiger partial charge in [-0.2, -0.15) is 0 Å². The maximum atomic E-state index is 4.52. The van der Waals surface area contributed by atoms with Crippen LogP contribution in [0.25, 0.3) is 22.0 Å². The Morgan fingerprint density at radius 1 is 0.947 bits per heavy atom. The van der Waals surface area contributed by atoms with Crippen molar-refractivity contribution in [3.63, 3.8) is 0 Å². The molecule has 0 spiro atoms. The molecule has 2 nitrogen and oxygen atoms in total. The molecule has 0 bridgehead atoms. The van der Waals surface area contributed by atoms with Crippen LogP contribution in [0.4, 0.5) is 0 Å². The Bertz CT molecular complexity index is 732. The van der Waals surface area contributed by atoms with Crippen LogP contribution >= 0.6 is 0 Å². The van der Waals surface area contributed by atoms with Gasteiger partial charge in [-0.15, -0.1) is 0 Å². The van der Waals surface area contributed by atoms with Gasteiger partial charge in [-0.25, -0.2) is 0 Å². The number of aromatic nitrogens is 2. The molecule has 0 radical (unpaired) electrons. The van der Waals surface area contributed by atoms with Crippen molar-refractivity contribution in [1.29, 1.82) is 0 Å². The number of hydrogen-bond acceptors (Lipinski definition) is 2. The molecule has 0 N–H and O–H groups in total. The smallest absolute Gasteiger partial charge is 0.0920 e. The third kappa shape index (κ3) is 2.10. The molecule has 0 saturated carbocycles. The molecule has 2 aromatic carbocycles. The van der Waals surface area contributed by atoms with E-state index in [0.29, 0.717) is 0 Å². The summed E-state index contributed by atoms with van der Waals surface area (Å²) in [5.41, 5.74) is 4.49. The number of fused-ring (bicyclic) bond motifs is 1. The van der Waals surface area contributed by atoms with E-state index in [9.17, 15) is 0 Å². The molecule has 1 aromatic heterocycles. The summed E-state index contributed by atoms with van der Waals surface area (Å²) in [7, 11) is 0. The molecule has 2 heteroatoms. The highest BCUT2D eigenvalue weighted by Gasteiger charge is 2.09. The van der Waals surface area contributed by atoms with Crippen LogP contribution in [0.5, 0.6) is 0 Å². The van der Waals surface area contributed by atoms with Crippen molar-refractivity contribution >= 4 is 10.8 Å². The average molecular weight is 248 g/mol. The highest BCUT2D eigenvalue weighted by molar-refractivity contribution is 5.88. The maximum Gasteiger partial charge on any atom is 0.0920 e. The lowest BCUT2D eigenvalue weighted by Crippen LogP contribution is -1.96. The normalized spacial score (nSPS) is 10.8. The van der Waals surface area contributed by atoms with Gasteiger partial charge in [-0.05, 0) is 35.7 Å². The molecule has 1 heterocycles. The largest absolute Gasteiger partial charge is 0.257 e. The fourth-order valence-electron chi connectivity index (χ4n) is 2.46. The van der Waals surface area contributed by atoms with Crippen LogP contribution < -0.4 is 0 Å². The first kappa shape index (κ1) is 11.8. The van der Waals surface area contributed by atoms with Crippen LogP contribution in [0.2, 0.25) is 0 Å². The Kier molecular flexibility index (Phi) is 3.00. The van der Waals surface area contributed by atoms with Gasteiger partial charge in [0.05, 0.1) is 11.4 Å². The molecular formula is C17H16N2. The standard InChI is InChI=1S/C17H16N2/c1-3-16-17(19-9-8-18-16)15-11-14-7-5-4-6-13(14)10-12(15)2/h4-11H,3H2,1-2H3. The molecule has 0 fully saturated rings. The summed E-state index contributed by atoms with van der Waals surface area (Å²) in [6, 6.07) is 12.9. The van der Waals surface area contributed by atoms with Gasteiger partial charge in [0.25, 0.3) is 0 Å². The lowest BCUT2D eigenvalue weighted by atomic mass is 9.98. The van der Waals surface area contributed by atoms with Gasteiger partial charge in [0.15, 0.2) is 0 Å². The average Bonchev–Trinajstić information content (AvgIpc) is 2.46. The van der Waals surface area contributed by atoms with Crippen LogP contribution in [-0.4, -0.2) is 9.97 Å². The lowest BCUT2D eigenvalue weighted by molar-refractivity contribution is 1.00. The molecule has 3 rings (SSSR count). The molecule has 19 heavy (non-hydrogen) atoms. The van der Waals surface area contributed by atoms with Crippen molar-refractivity contribution < 1.29 is 0 Å². The molecule has 0 atom stereocenters. The van der Waals surface area contributed by atoms with Crippen molar-refractivity contribution in [3.8, 4) is 11.3 Å². The first-order valence-corrected chi connectivity index (χ1v) is 6.59. The van der Waals surface area contributed by atoms with E-state index in [4.69, 9.17) is 0 Å². The van der Waals surface area contributed by atoms with E-state index >= 15 is 0 Å². The molecule has 0 unspecified atom stereocenters. The second-order valence-electron chi connectivity index (χ2n) is 4.72. The number of hydrogen-bond donors (Lipinski definition) is 0. The van der Waals surface area contributed by atoms with Crippen molar-refractivity contribution in [2.45, 2.75) is 20.3 Å². The Morgan fingerprint density at radius 3 is 2.37 bits per heavy atom. The predicted molar refractivity (Wildman–Crippen MR) is 79.1 cm³/mol. The molecule has 0 aliphatic rings. The van der Waals surface area contributed by atoms with Gasteiger partial charge in [0.2, 0.25) is 0 Å². The Labute approximate surface area is 113 Å². The van der Waals surface area contributed by atoms with Crippen LogP contribution in [0.15, 0.2) is 48.8 Å². The highest BCUT2D eigenvalue weighted by atomic mass is 14.8. The highest BCUT2D eigenvalue weighted by Crippen LogP contribution is 2.28. The minimum absolute atomic E-state index is 0.898. The second kappa shape index (κ2) is 4.81. The Morgan fingerprint density at radius 2 is 1.63 bits per heavy atom. The predicted octanol–water partition coefficient (Wildman–Crippen LogP) is 4.17. The summed E-state index contributed by atoms with van der Waals surface area (Å²) < 4.78 is 0. The van der Waals surface area contributed by atoms with E-state index in [0.717, 1.165) is 17.8 Å². The van der Waals surface area contributed by atoms with Gasteiger partial charge in [-0.3, -0.25) is 9.97 Å². The van der Waals surface area contributed by atoms with Gasteiger partial charge in [0, 0.05) is 18.0 Å². The maximum absolute atomic E-state index is 4.52. The zero-order chi connectivity index (χ0) is 13.2. The van der Waals surface area contributed by atoms with E-state index in [-0.39, 0.29) is 0 Å². The van der Waals surface area contributed by atoms with E-state index in [1.54, 1.807) is 12.4 Å². The van der Waals surface area contributed by atoms with Gasteiger partial charge in [-0.1, -0.05) is 37.3 Å². The monoisotopic (exact) mass is 248 g/mol. The first-order valence-electron chi connectivity index (χ1n) is 6.59. The van der Waals surface area contributed by atoms with Crippen molar-refractivity contribution in [3.05, 3.63) is 60.0 Å². The SMILES string of the molecule is CCc1nccnc1-c1cc2ccccc2cc1C. The van der Waals surface area contributed by atoms with Crippen LogP contribution in [0, 0.1) is 6.92 Å². The minimum Gasteiger partial charge on any atom is -0.257 e. The number of benzene rings is 2. The fourth-order valence-corrected chi connectivity index (χ4v) is 2.46. The van der Waals surface area contributed by atoms with Crippen LogP contribution in [0.3, 0.4) is 0 Å². The van der Waals surface area contributed by atoms with E-state index in [1.807, 2.05) is 0 Å². The van der Waals surface area contributed by atoms with Crippen molar-refractivity contribution in [1.82, 2.24) is 9.97 Å². The lowest BCUT2D eigenvalue weighted by Gasteiger charge is -2.10. The summed E-state index contributed by atoms with van der Waals surface area (Å²) in [5.74, 6) is 0.